The Morgan fingerprint density at radius 2 is 1.82 bits per heavy atom. The van der Waals surface area contributed by atoms with E-state index in [2.05, 4.69) is 4.98 Å². The van der Waals surface area contributed by atoms with Crippen molar-refractivity contribution >= 4 is 34.0 Å². The topological polar surface area (TPSA) is 49.3 Å². The van der Waals surface area contributed by atoms with Crippen LogP contribution in [0.2, 0.25) is 0 Å². The van der Waals surface area contributed by atoms with Crippen molar-refractivity contribution in [3.05, 3.63) is 77.3 Å². The Kier molecular flexibility index (Phi) is 5.95. The van der Waals surface area contributed by atoms with Gasteiger partial charge in [-0.1, -0.05) is 24.3 Å². The van der Waals surface area contributed by atoms with Gasteiger partial charge in [-0.05, 0) is 42.1 Å². The van der Waals surface area contributed by atoms with E-state index in [0.717, 1.165) is 33.7 Å². The maximum absolute atomic E-state index is 13.6. The Labute approximate surface area is 198 Å². The fraction of sp³-hybridized carbons (Fsp3) is 0.240. The lowest BCUT2D eigenvalue weighted by molar-refractivity contribution is -0.137. The number of fused-ring (bicyclic) bond motifs is 1. The lowest BCUT2D eigenvalue weighted by atomic mass is 10.1. The molecule has 9 heteroatoms. The van der Waals surface area contributed by atoms with Gasteiger partial charge < -0.3 is 9.80 Å². The first-order valence-electron chi connectivity index (χ1n) is 10.9. The van der Waals surface area contributed by atoms with E-state index < -0.39 is 11.7 Å². The number of thiophene rings is 1. The number of hydrogen-bond acceptors (Lipinski definition) is 5. The molecule has 1 saturated heterocycles. The summed E-state index contributed by atoms with van der Waals surface area (Å²) in [6.07, 6.45) is -2.86. The first-order chi connectivity index (χ1) is 16.4. The maximum Gasteiger partial charge on any atom is 0.417 e. The molecule has 0 spiro atoms. The van der Waals surface area contributed by atoms with Crippen LogP contribution < -0.4 is 4.90 Å². The summed E-state index contributed by atoms with van der Waals surface area (Å²) in [5.74, 6) is 0.412. The van der Waals surface area contributed by atoms with Crippen LogP contribution >= 0.6 is 11.3 Å². The monoisotopic (exact) mass is 482 g/mol. The summed E-state index contributed by atoms with van der Waals surface area (Å²) in [6, 6.07) is 15.8. The van der Waals surface area contributed by atoms with Crippen LogP contribution in [-0.4, -0.2) is 47.0 Å². The minimum absolute atomic E-state index is 0.0707. The number of rotatable bonds is 3. The van der Waals surface area contributed by atoms with Gasteiger partial charge in [0, 0.05) is 37.8 Å². The molecule has 4 aromatic rings. The van der Waals surface area contributed by atoms with Crippen LogP contribution in [-0.2, 0) is 6.18 Å². The van der Waals surface area contributed by atoms with E-state index in [1.807, 2.05) is 57.6 Å². The Hall–Kier alpha value is -3.46. The van der Waals surface area contributed by atoms with Crippen molar-refractivity contribution in [2.24, 2.45) is 0 Å². The molecule has 1 aliphatic rings. The second kappa shape index (κ2) is 9.06. The van der Waals surface area contributed by atoms with Gasteiger partial charge in [-0.15, -0.1) is 11.3 Å². The first-order valence-corrected chi connectivity index (χ1v) is 11.8. The first kappa shape index (κ1) is 22.3. The number of carbonyl (C=O) groups is 1. The molecule has 174 valence electrons. The smallest absolute Gasteiger partial charge is 0.355 e. The molecular formula is C25H21F3N4OS. The molecule has 4 heterocycles. The Morgan fingerprint density at radius 1 is 0.971 bits per heavy atom. The fourth-order valence-electron chi connectivity index (χ4n) is 4.16. The zero-order valence-corrected chi connectivity index (χ0v) is 18.9. The summed E-state index contributed by atoms with van der Waals surface area (Å²) in [6.45, 7) is 2.11. The zero-order valence-electron chi connectivity index (χ0n) is 18.1. The number of anilines is 1. The van der Waals surface area contributed by atoms with Crippen LogP contribution in [0.3, 0.4) is 0 Å². The Morgan fingerprint density at radius 3 is 2.56 bits per heavy atom. The van der Waals surface area contributed by atoms with Crippen LogP contribution in [0, 0.1) is 0 Å². The van der Waals surface area contributed by atoms with Crippen LogP contribution in [0.25, 0.3) is 21.5 Å². The molecule has 5 nitrogen and oxygen atoms in total. The molecule has 1 fully saturated rings. The molecule has 34 heavy (non-hydrogen) atoms. The van der Waals surface area contributed by atoms with Crippen LogP contribution in [0.4, 0.5) is 19.0 Å². The van der Waals surface area contributed by atoms with Gasteiger partial charge in [0.2, 0.25) is 0 Å². The summed E-state index contributed by atoms with van der Waals surface area (Å²) in [4.78, 5) is 27.1. The average molecular weight is 483 g/mol. The summed E-state index contributed by atoms with van der Waals surface area (Å²) < 4.78 is 38.6. The van der Waals surface area contributed by atoms with Crippen molar-refractivity contribution in [1.82, 2.24) is 14.9 Å². The summed E-state index contributed by atoms with van der Waals surface area (Å²) in [5.41, 5.74) is 1.37. The van der Waals surface area contributed by atoms with Gasteiger partial charge in [0.1, 0.15) is 5.82 Å². The van der Waals surface area contributed by atoms with Gasteiger partial charge in [0.05, 0.1) is 27.2 Å². The predicted octanol–water partition coefficient (Wildman–Crippen LogP) is 5.73. The molecule has 1 aliphatic heterocycles. The van der Waals surface area contributed by atoms with Crippen molar-refractivity contribution in [2.75, 3.05) is 31.1 Å². The van der Waals surface area contributed by atoms with Crippen LogP contribution in [0.15, 0.2) is 66.2 Å². The summed E-state index contributed by atoms with van der Waals surface area (Å²) >= 11 is 1.57. The quantitative estimate of drug-likeness (QED) is 0.374. The Balaban J connectivity index is 1.39. The summed E-state index contributed by atoms with van der Waals surface area (Å²) in [7, 11) is 0. The highest BCUT2D eigenvalue weighted by molar-refractivity contribution is 7.13. The van der Waals surface area contributed by atoms with Crippen molar-refractivity contribution in [2.45, 2.75) is 12.6 Å². The predicted molar refractivity (Wildman–Crippen MR) is 127 cm³/mol. The van der Waals surface area contributed by atoms with E-state index in [9.17, 15) is 18.0 Å². The normalized spacial score (nSPS) is 14.9. The molecule has 1 aromatic carbocycles. The molecule has 0 saturated carbocycles. The van der Waals surface area contributed by atoms with Gasteiger partial charge in [-0.2, -0.15) is 13.2 Å². The van der Waals surface area contributed by atoms with Crippen LogP contribution in [0.5, 0.6) is 0 Å². The molecule has 0 radical (unpaired) electrons. The highest BCUT2D eigenvalue weighted by atomic mass is 32.1. The van der Waals surface area contributed by atoms with E-state index in [1.54, 1.807) is 11.3 Å². The molecule has 0 N–H and O–H groups in total. The molecule has 0 unspecified atom stereocenters. The van der Waals surface area contributed by atoms with Gasteiger partial charge in [-0.3, -0.25) is 4.79 Å². The number of carbonyl (C=O) groups excluding carboxylic acids is 1. The number of halogens is 3. The van der Waals surface area contributed by atoms with E-state index in [0.29, 0.717) is 44.0 Å². The number of aromatic nitrogens is 2. The number of hydrogen-bond donors (Lipinski definition) is 0. The Bertz CT molecular complexity index is 1310. The minimum atomic E-state index is -4.41. The van der Waals surface area contributed by atoms with Crippen molar-refractivity contribution in [3.63, 3.8) is 0 Å². The number of amides is 1. The van der Waals surface area contributed by atoms with E-state index >= 15 is 0 Å². The third-order valence-electron chi connectivity index (χ3n) is 5.90. The van der Waals surface area contributed by atoms with Crippen LogP contribution in [0.1, 0.15) is 22.3 Å². The fourth-order valence-corrected chi connectivity index (χ4v) is 4.85. The van der Waals surface area contributed by atoms with Gasteiger partial charge in [0.15, 0.2) is 0 Å². The van der Waals surface area contributed by atoms with E-state index in [-0.39, 0.29) is 5.91 Å². The summed E-state index contributed by atoms with van der Waals surface area (Å²) in [5, 5.41) is 2.78. The highest BCUT2D eigenvalue weighted by Gasteiger charge is 2.31. The molecule has 0 atom stereocenters. The molecule has 0 bridgehead atoms. The zero-order chi connectivity index (χ0) is 23.7. The van der Waals surface area contributed by atoms with Crippen molar-refractivity contribution in [1.29, 1.82) is 0 Å². The van der Waals surface area contributed by atoms with E-state index in [1.165, 1.54) is 6.07 Å². The number of alkyl halides is 3. The lowest BCUT2D eigenvalue weighted by Gasteiger charge is -2.23. The average Bonchev–Trinajstić information content (AvgIpc) is 3.27. The lowest BCUT2D eigenvalue weighted by Crippen LogP contribution is -2.35. The number of nitrogens with zero attached hydrogens (tertiary/aromatic N) is 4. The molecule has 1 amide bonds. The molecule has 5 rings (SSSR count). The SMILES string of the molecule is O=C(c1cc(-c2cccs2)nc2ccccc12)N1CCCN(c2ccc(C(F)(F)F)cn2)CC1. The number of benzene rings is 1. The highest BCUT2D eigenvalue weighted by Crippen LogP contribution is 2.30. The third kappa shape index (κ3) is 4.48. The van der Waals surface area contributed by atoms with Gasteiger partial charge in [-0.25, -0.2) is 9.97 Å². The maximum atomic E-state index is 13.6. The molecule has 3 aromatic heterocycles. The van der Waals surface area contributed by atoms with Gasteiger partial charge >= 0.3 is 6.18 Å². The third-order valence-corrected chi connectivity index (χ3v) is 6.79. The standard InChI is InChI=1S/C25H21F3N4OS/c26-25(27,28)17-8-9-23(29-16-17)31-10-4-11-32(13-12-31)24(33)19-15-21(22-7-3-14-34-22)30-20-6-2-1-5-18(19)20/h1-3,5-9,14-16H,4,10-13H2. The van der Waals surface area contributed by atoms with Gasteiger partial charge in [0.25, 0.3) is 5.91 Å². The van der Waals surface area contributed by atoms with Crippen molar-refractivity contribution < 1.29 is 18.0 Å². The van der Waals surface area contributed by atoms with Crippen molar-refractivity contribution in [3.8, 4) is 10.6 Å². The second-order valence-corrected chi connectivity index (χ2v) is 9.03. The number of pyridine rings is 2. The minimum Gasteiger partial charge on any atom is -0.355 e. The molecular weight excluding hydrogens is 461 g/mol. The number of para-hydroxylation sites is 1. The second-order valence-electron chi connectivity index (χ2n) is 8.09. The molecule has 0 aliphatic carbocycles. The van der Waals surface area contributed by atoms with E-state index in [4.69, 9.17) is 4.98 Å². The largest absolute Gasteiger partial charge is 0.417 e.